The maximum Gasteiger partial charge on any atom is 0.132 e. The highest BCUT2D eigenvalue weighted by molar-refractivity contribution is 5.78. The van der Waals surface area contributed by atoms with Gasteiger partial charge in [0.1, 0.15) is 30.5 Å². The van der Waals surface area contributed by atoms with Crippen LogP contribution in [0, 0.1) is 0 Å². The Morgan fingerprint density at radius 1 is 0.667 bits per heavy atom. The zero-order valence-electron chi connectivity index (χ0n) is 18.0. The van der Waals surface area contributed by atoms with Gasteiger partial charge in [-0.3, -0.25) is 4.79 Å². The van der Waals surface area contributed by atoms with Crippen molar-refractivity contribution in [2.24, 2.45) is 0 Å². The number of hydrogen-bond acceptors (Lipinski definition) is 3. The minimum Gasteiger partial charge on any atom is -0.490 e. The number of ketones is 1. The van der Waals surface area contributed by atoms with Crippen LogP contribution in [0.3, 0.4) is 0 Å². The molecule has 0 fully saturated rings. The number of hydrogen-bond donors (Lipinski definition) is 0. The normalized spacial score (nSPS) is 10.4. The monoisotopic (exact) mass is 406 g/mol. The number of carbonyl (C=O) groups excluding carboxylic acids is 1. The third-order valence-corrected chi connectivity index (χ3v) is 4.92. The van der Waals surface area contributed by atoms with Crippen LogP contribution in [0.2, 0.25) is 0 Å². The predicted octanol–water partition coefficient (Wildman–Crippen LogP) is 6.51. The lowest BCUT2D eigenvalue weighted by atomic mass is 10.0. The lowest BCUT2D eigenvalue weighted by molar-refractivity contribution is -0.119. The molecule has 0 heterocycles. The molecule has 2 aromatic carbocycles. The van der Waals surface area contributed by atoms with E-state index in [-0.39, 0.29) is 0 Å². The topological polar surface area (TPSA) is 35.5 Å². The van der Waals surface area contributed by atoms with Crippen LogP contribution in [0.25, 0.3) is 0 Å². The summed E-state index contributed by atoms with van der Waals surface area (Å²) in [6, 6.07) is 16.4. The number of carbonyl (C=O) groups is 1. The SMILES string of the molecule is C=CCOc1ccc(CCCCC(=O)CCCCc2ccc(OCC=C)cc2)cc1. The van der Waals surface area contributed by atoms with E-state index >= 15 is 0 Å². The van der Waals surface area contributed by atoms with Gasteiger partial charge in [-0.1, -0.05) is 49.6 Å². The van der Waals surface area contributed by atoms with Crippen LogP contribution < -0.4 is 9.47 Å². The van der Waals surface area contributed by atoms with Crippen molar-refractivity contribution < 1.29 is 14.3 Å². The van der Waals surface area contributed by atoms with Crippen LogP contribution in [-0.2, 0) is 17.6 Å². The number of unbranched alkanes of at least 4 members (excludes halogenated alkanes) is 2. The molecular weight excluding hydrogens is 372 g/mol. The molecule has 0 radical (unpaired) electrons. The minimum absolute atomic E-state index is 0.386. The van der Waals surface area contributed by atoms with Crippen LogP contribution in [0.15, 0.2) is 73.8 Å². The Morgan fingerprint density at radius 3 is 1.43 bits per heavy atom. The van der Waals surface area contributed by atoms with Gasteiger partial charge in [0.2, 0.25) is 0 Å². The second-order valence-electron chi connectivity index (χ2n) is 7.44. The molecule has 0 saturated carbocycles. The third kappa shape index (κ3) is 9.60. The quantitative estimate of drug-likeness (QED) is 0.235. The van der Waals surface area contributed by atoms with Crippen LogP contribution in [0.5, 0.6) is 11.5 Å². The van der Waals surface area contributed by atoms with Gasteiger partial charge in [0.15, 0.2) is 0 Å². The van der Waals surface area contributed by atoms with Gasteiger partial charge in [-0.05, 0) is 73.9 Å². The van der Waals surface area contributed by atoms with Crippen molar-refractivity contribution in [2.45, 2.75) is 51.4 Å². The fourth-order valence-corrected chi connectivity index (χ4v) is 3.24. The van der Waals surface area contributed by atoms with Gasteiger partial charge in [-0.2, -0.15) is 0 Å². The lowest BCUT2D eigenvalue weighted by Crippen LogP contribution is -1.99. The van der Waals surface area contributed by atoms with E-state index in [9.17, 15) is 4.79 Å². The number of rotatable bonds is 16. The van der Waals surface area contributed by atoms with E-state index in [1.165, 1.54) is 11.1 Å². The van der Waals surface area contributed by atoms with E-state index < -0.39 is 0 Å². The van der Waals surface area contributed by atoms with Crippen LogP contribution in [-0.4, -0.2) is 19.0 Å². The first-order valence-corrected chi connectivity index (χ1v) is 10.9. The second-order valence-corrected chi connectivity index (χ2v) is 7.44. The zero-order valence-corrected chi connectivity index (χ0v) is 18.0. The number of aryl methyl sites for hydroxylation is 2. The molecule has 0 saturated heterocycles. The molecule has 30 heavy (non-hydrogen) atoms. The Kier molecular flexibility index (Phi) is 11.1. The highest BCUT2D eigenvalue weighted by atomic mass is 16.5. The van der Waals surface area contributed by atoms with Gasteiger partial charge >= 0.3 is 0 Å². The number of benzene rings is 2. The van der Waals surface area contributed by atoms with E-state index in [1.54, 1.807) is 12.2 Å². The van der Waals surface area contributed by atoms with Crippen molar-refractivity contribution in [3.8, 4) is 11.5 Å². The largest absolute Gasteiger partial charge is 0.490 e. The van der Waals surface area contributed by atoms with Crippen molar-refractivity contribution >= 4 is 5.78 Å². The minimum atomic E-state index is 0.386. The summed E-state index contributed by atoms with van der Waals surface area (Å²) in [6.07, 6.45) is 10.9. The summed E-state index contributed by atoms with van der Waals surface area (Å²) in [7, 11) is 0. The number of Topliss-reactive ketones (excluding diaryl/α,β-unsaturated/α-hetero) is 1. The average molecular weight is 407 g/mol. The molecule has 3 nitrogen and oxygen atoms in total. The van der Waals surface area contributed by atoms with Gasteiger partial charge in [0.25, 0.3) is 0 Å². The maximum atomic E-state index is 12.1. The third-order valence-electron chi connectivity index (χ3n) is 4.92. The van der Waals surface area contributed by atoms with Gasteiger partial charge in [-0.15, -0.1) is 0 Å². The van der Waals surface area contributed by atoms with E-state index in [4.69, 9.17) is 9.47 Å². The van der Waals surface area contributed by atoms with Crippen molar-refractivity contribution in [1.82, 2.24) is 0 Å². The summed E-state index contributed by atoms with van der Waals surface area (Å²) in [5.41, 5.74) is 2.57. The molecular formula is C27H34O3. The summed E-state index contributed by atoms with van der Waals surface area (Å²) < 4.78 is 11.0. The Labute approximate surface area is 181 Å². The second kappa shape index (κ2) is 14.2. The molecule has 0 aliphatic carbocycles. The molecule has 0 amide bonds. The molecule has 0 N–H and O–H groups in total. The fourth-order valence-electron chi connectivity index (χ4n) is 3.24. The van der Waals surface area contributed by atoms with Crippen molar-refractivity contribution in [1.29, 1.82) is 0 Å². The Balaban J connectivity index is 1.52. The molecule has 3 heteroatoms. The molecule has 0 aromatic heterocycles. The first kappa shape index (κ1) is 23.5. The summed E-state index contributed by atoms with van der Waals surface area (Å²) in [6.45, 7) is 8.35. The Hall–Kier alpha value is -2.81. The molecule has 160 valence electrons. The summed E-state index contributed by atoms with van der Waals surface area (Å²) in [5, 5.41) is 0. The molecule has 0 bridgehead atoms. The molecule has 0 atom stereocenters. The molecule has 0 aliphatic heterocycles. The molecule has 0 aliphatic rings. The lowest BCUT2D eigenvalue weighted by Gasteiger charge is -2.06. The van der Waals surface area contributed by atoms with E-state index in [0.29, 0.717) is 31.8 Å². The fraction of sp³-hybridized carbons (Fsp3) is 0.370. The predicted molar refractivity (Wildman–Crippen MR) is 124 cm³/mol. The van der Waals surface area contributed by atoms with Crippen molar-refractivity contribution in [3.05, 3.63) is 85.0 Å². The van der Waals surface area contributed by atoms with Crippen molar-refractivity contribution in [3.63, 3.8) is 0 Å². The van der Waals surface area contributed by atoms with Gasteiger partial charge in [0, 0.05) is 12.8 Å². The molecule has 2 aromatic rings. The summed E-state index contributed by atoms with van der Waals surface area (Å²) >= 11 is 0. The summed E-state index contributed by atoms with van der Waals surface area (Å²) in [4.78, 5) is 12.1. The Bertz CT molecular complexity index is 694. The van der Waals surface area contributed by atoms with E-state index in [2.05, 4.69) is 37.4 Å². The van der Waals surface area contributed by atoms with Crippen LogP contribution in [0.4, 0.5) is 0 Å². The average Bonchev–Trinajstić information content (AvgIpc) is 2.78. The molecule has 0 spiro atoms. The van der Waals surface area contributed by atoms with Gasteiger partial charge in [-0.25, -0.2) is 0 Å². The highest BCUT2D eigenvalue weighted by Crippen LogP contribution is 2.16. The van der Waals surface area contributed by atoms with E-state index in [0.717, 1.165) is 50.0 Å². The Morgan fingerprint density at radius 2 is 1.07 bits per heavy atom. The van der Waals surface area contributed by atoms with Crippen LogP contribution >= 0.6 is 0 Å². The summed E-state index contributed by atoms with van der Waals surface area (Å²) in [5.74, 6) is 2.12. The zero-order chi connectivity index (χ0) is 21.4. The maximum absolute atomic E-state index is 12.1. The molecule has 0 unspecified atom stereocenters. The first-order chi connectivity index (χ1) is 14.7. The first-order valence-electron chi connectivity index (χ1n) is 10.9. The smallest absolute Gasteiger partial charge is 0.132 e. The number of ether oxygens (including phenoxy) is 2. The van der Waals surface area contributed by atoms with Gasteiger partial charge < -0.3 is 9.47 Å². The van der Waals surface area contributed by atoms with E-state index in [1.807, 2.05) is 24.3 Å². The molecule has 2 rings (SSSR count). The van der Waals surface area contributed by atoms with Gasteiger partial charge in [0.05, 0.1) is 0 Å². The standard InChI is InChI=1S/C27H34O3/c1-3-21-29-26-17-13-23(14-18-26)9-5-7-11-25(28)12-8-6-10-24-15-19-27(20-16-24)30-22-4-2/h3-4,13-20H,1-2,5-12,21-22H2. The van der Waals surface area contributed by atoms with Crippen LogP contribution in [0.1, 0.15) is 49.7 Å². The van der Waals surface area contributed by atoms with Crippen molar-refractivity contribution in [2.75, 3.05) is 13.2 Å². The highest BCUT2D eigenvalue weighted by Gasteiger charge is 2.03.